The SMILES string of the molecule is N#CCON=C(C#N)c1nsc(N)n1. The normalized spacial score (nSPS) is 10.3. The largest absolute Gasteiger partial charge is 0.379 e. The number of anilines is 1. The summed E-state index contributed by atoms with van der Waals surface area (Å²) in [5.41, 5.74) is 5.21. The van der Waals surface area contributed by atoms with Crippen LogP contribution in [0.1, 0.15) is 5.82 Å². The number of oxime groups is 1. The molecule has 8 heteroatoms. The summed E-state index contributed by atoms with van der Waals surface area (Å²) in [7, 11) is 0. The Balaban J connectivity index is 2.79. The molecule has 0 spiro atoms. The van der Waals surface area contributed by atoms with E-state index in [1.165, 1.54) is 0 Å². The van der Waals surface area contributed by atoms with E-state index in [0.717, 1.165) is 11.5 Å². The highest BCUT2D eigenvalue weighted by Crippen LogP contribution is 2.06. The lowest BCUT2D eigenvalue weighted by atomic mass is 10.4. The molecule has 0 saturated heterocycles. The van der Waals surface area contributed by atoms with Crippen molar-refractivity contribution in [1.82, 2.24) is 9.36 Å². The van der Waals surface area contributed by atoms with Crippen molar-refractivity contribution in [3.8, 4) is 12.1 Å². The van der Waals surface area contributed by atoms with Gasteiger partial charge in [0, 0.05) is 11.5 Å². The molecule has 14 heavy (non-hydrogen) atoms. The van der Waals surface area contributed by atoms with Crippen molar-refractivity contribution >= 4 is 22.4 Å². The number of nitriles is 2. The Morgan fingerprint density at radius 1 is 1.64 bits per heavy atom. The third-order valence-corrected chi connectivity index (χ3v) is 1.59. The van der Waals surface area contributed by atoms with Gasteiger partial charge in [-0.3, -0.25) is 0 Å². The van der Waals surface area contributed by atoms with Gasteiger partial charge in [-0.05, 0) is 0 Å². The predicted octanol–water partition coefficient (Wildman–Crippen LogP) is -0.112. The third kappa shape index (κ3) is 2.40. The molecule has 1 rings (SSSR count). The molecule has 0 aliphatic heterocycles. The van der Waals surface area contributed by atoms with E-state index < -0.39 is 0 Å². The fourth-order valence-electron chi connectivity index (χ4n) is 0.568. The second-order valence-electron chi connectivity index (χ2n) is 1.94. The van der Waals surface area contributed by atoms with Gasteiger partial charge in [0.2, 0.25) is 18.1 Å². The van der Waals surface area contributed by atoms with Crippen molar-refractivity contribution in [2.24, 2.45) is 5.16 Å². The van der Waals surface area contributed by atoms with Crippen LogP contribution in [0.15, 0.2) is 5.16 Å². The number of rotatable bonds is 3. The lowest BCUT2D eigenvalue weighted by molar-refractivity contribution is 0.179. The molecule has 0 aliphatic carbocycles. The minimum atomic E-state index is -0.231. The molecule has 0 amide bonds. The van der Waals surface area contributed by atoms with E-state index in [9.17, 15) is 0 Å². The molecule has 0 aliphatic rings. The van der Waals surface area contributed by atoms with Gasteiger partial charge in [-0.1, -0.05) is 5.16 Å². The molecule has 1 aromatic rings. The van der Waals surface area contributed by atoms with Crippen LogP contribution >= 0.6 is 11.5 Å². The van der Waals surface area contributed by atoms with Gasteiger partial charge >= 0.3 is 0 Å². The molecule has 1 heterocycles. The first-order chi connectivity index (χ1) is 6.77. The van der Waals surface area contributed by atoms with Gasteiger partial charge in [0.1, 0.15) is 12.1 Å². The van der Waals surface area contributed by atoms with E-state index in [2.05, 4.69) is 19.4 Å². The van der Waals surface area contributed by atoms with Crippen molar-refractivity contribution in [3.63, 3.8) is 0 Å². The summed E-state index contributed by atoms with van der Waals surface area (Å²) in [6.07, 6.45) is 0. The standard InChI is InChI=1S/C6H4N6OS/c7-1-2-13-11-4(3-8)5-10-6(9)14-12-5/h2H2,(H2,9,10,12). The van der Waals surface area contributed by atoms with Crippen LogP contribution in [0.3, 0.4) is 0 Å². The van der Waals surface area contributed by atoms with Crippen molar-refractivity contribution in [3.05, 3.63) is 5.82 Å². The monoisotopic (exact) mass is 208 g/mol. The zero-order valence-electron chi connectivity index (χ0n) is 6.84. The molecule has 0 saturated carbocycles. The molecule has 70 valence electrons. The van der Waals surface area contributed by atoms with Crippen LogP contribution in [0.4, 0.5) is 5.13 Å². The van der Waals surface area contributed by atoms with Crippen molar-refractivity contribution in [2.75, 3.05) is 12.3 Å². The second kappa shape index (κ2) is 4.74. The Bertz CT molecular complexity index is 424. The number of nitrogen functional groups attached to an aromatic ring is 1. The maximum Gasteiger partial charge on any atom is 0.225 e. The van der Waals surface area contributed by atoms with Gasteiger partial charge < -0.3 is 10.6 Å². The van der Waals surface area contributed by atoms with Gasteiger partial charge in [0.25, 0.3) is 0 Å². The average molecular weight is 208 g/mol. The number of nitrogens with two attached hydrogens (primary N) is 1. The van der Waals surface area contributed by atoms with E-state index in [1.807, 2.05) is 0 Å². The Hall–Kier alpha value is -2.19. The lowest BCUT2D eigenvalue weighted by Gasteiger charge is -1.90. The Kier molecular flexibility index (Phi) is 3.35. The molecule has 1 aromatic heterocycles. The Morgan fingerprint density at radius 2 is 2.43 bits per heavy atom. The molecule has 0 unspecified atom stereocenters. The van der Waals surface area contributed by atoms with Crippen LogP contribution in [0.25, 0.3) is 0 Å². The van der Waals surface area contributed by atoms with E-state index in [-0.39, 0.29) is 23.3 Å². The first-order valence-electron chi connectivity index (χ1n) is 3.34. The van der Waals surface area contributed by atoms with E-state index >= 15 is 0 Å². The van der Waals surface area contributed by atoms with Crippen molar-refractivity contribution < 1.29 is 4.84 Å². The second-order valence-corrected chi connectivity index (χ2v) is 2.72. The number of hydrogen-bond donors (Lipinski definition) is 1. The van der Waals surface area contributed by atoms with Crippen LogP contribution in [0.5, 0.6) is 0 Å². The molecule has 7 nitrogen and oxygen atoms in total. The van der Waals surface area contributed by atoms with E-state index in [1.54, 1.807) is 12.1 Å². The summed E-state index contributed by atoms with van der Waals surface area (Å²) in [6.45, 7) is -0.231. The van der Waals surface area contributed by atoms with Crippen LogP contribution in [0.2, 0.25) is 0 Å². The topological polar surface area (TPSA) is 121 Å². The Labute approximate surface area is 83.2 Å². The van der Waals surface area contributed by atoms with Crippen LogP contribution in [-0.2, 0) is 4.84 Å². The smallest absolute Gasteiger partial charge is 0.225 e. The van der Waals surface area contributed by atoms with E-state index in [4.69, 9.17) is 16.3 Å². The van der Waals surface area contributed by atoms with Gasteiger partial charge in [0.15, 0.2) is 5.13 Å². The first kappa shape index (κ1) is 9.89. The van der Waals surface area contributed by atoms with Gasteiger partial charge in [-0.2, -0.15) is 19.9 Å². The summed E-state index contributed by atoms with van der Waals surface area (Å²) < 4.78 is 3.76. The minimum Gasteiger partial charge on any atom is -0.379 e. The zero-order chi connectivity index (χ0) is 10.4. The molecule has 0 fully saturated rings. The van der Waals surface area contributed by atoms with E-state index in [0.29, 0.717) is 0 Å². The molecule has 0 aromatic carbocycles. The molecular weight excluding hydrogens is 204 g/mol. The van der Waals surface area contributed by atoms with Crippen LogP contribution < -0.4 is 5.73 Å². The number of nitrogens with zero attached hydrogens (tertiary/aromatic N) is 5. The lowest BCUT2D eigenvalue weighted by Crippen LogP contribution is -2.01. The summed E-state index contributed by atoms with van der Waals surface area (Å²) in [5, 5.41) is 20.4. The summed E-state index contributed by atoms with van der Waals surface area (Å²) in [4.78, 5) is 8.22. The number of aromatic nitrogens is 2. The summed E-state index contributed by atoms with van der Waals surface area (Å²) >= 11 is 0.951. The van der Waals surface area contributed by atoms with Crippen LogP contribution in [0, 0.1) is 22.7 Å². The summed E-state index contributed by atoms with van der Waals surface area (Å²) in [5.74, 6) is 0.105. The fourth-order valence-corrected chi connectivity index (χ4v) is 1.00. The summed E-state index contributed by atoms with van der Waals surface area (Å²) in [6, 6.07) is 3.43. The number of hydrogen-bond acceptors (Lipinski definition) is 8. The molecule has 2 N–H and O–H groups in total. The fraction of sp³-hybridized carbons (Fsp3) is 0.167. The van der Waals surface area contributed by atoms with Gasteiger partial charge in [-0.15, -0.1) is 0 Å². The minimum absolute atomic E-state index is 0.104. The maximum atomic E-state index is 8.63. The highest BCUT2D eigenvalue weighted by molar-refractivity contribution is 7.09. The average Bonchev–Trinajstić information content (AvgIpc) is 2.60. The highest BCUT2D eigenvalue weighted by Gasteiger charge is 2.09. The molecule has 0 bridgehead atoms. The maximum absolute atomic E-state index is 8.63. The van der Waals surface area contributed by atoms with Crippen LogP contribution in [-0.4, -0.2) is 21.7 Å². The zero-order valence-corrected chi connectivity index (χ0v) is 7.65. The van der Waals surface area contributed by atoms with Crippen molar-refractivity contribution in [1.29, 1.82) is 10.5 Å². The highest BCUT2D eigenvalue weighted by atomic mass is 32.1. The van der Waals surface area contributed by atoms with Gasteiger partial charge in [-0.25, -0.2) is 0 Å². The quantitative estimate of drug-likeness (QED) is 0.420. The molecule has 0 radical (unpaired) electrons. The predicted molar refractivity (Wildman–Crippen MR) is 48.0 cm³/mol. The Morgan fingerprint density at radius 3 is 2.93 bits per heavy atom. The first-order valence-corrected chi connectivity index (χ1v) is 4.12. The van der Waals surface area contributed by atoms with Gasteiger partial charge in [0.05, 0.1) is 0 Å². The third-order valence-electron chi connectivity index (χ3n) is 1.04. The molecule has 0 atom stereocenters. The molecular formula is C6H4N6OS. The van der Waals surface area contributed by atoms with Crippen molar-refractivity contribution in [2.45, 2.75) is 0 Å².